The number of halogens is 1. The maximum absolute atomic E-state index is 11.7. The van der Waals surface area contributed by atoms with Gasteiger partial charge in [-0.05, 0) is 30.0 Å². The average molecular weight is 327 g/mol. The number of amides is 1. The topological polar surface area (TPSA) is 41.1 Å². The second-order valence-corrected chi connectivity index (χ2v) is 6.01. The second-order valence-electron chi connectivity index (χ2n) is 5.09. The summed E-state index contributed by atoms with van der Waals surface area (Å²) in [4.78, 5) is 11.7. The van der Waals surface area contributed by atoms with Gasteiger partial charge < -0.3 is 10.6 Å². The summed E-state index contributed by atoms with van der Waals surface area (Å²) in [5, 5.41) is 6.21. The Bertz CT molecular complexity index is 390. The molecule has 1 amide bonds. The summed E-state index contributed by atoms with van der Waals surface area (Å²) in [6.07, 6.45) is 0.957. The third kappa shape index (κ3) is 6.21. The molecule has 0 radical (unpaired) electrons. The van der Waals surface area contributed by atoms with Crippen LogP contribution in [0.3, 0.4) is 0 Å². The van der Waals surface area contributed by atoms with E-state index in [-0.39, 0.29) is 11.9 Å². The molecule has 0 aliphatic rings. The van der Waals surface area contributed by atoms with Crippen LogP contribution in [-0.4, -0.2) is 19.0 Å². The predicted molar refractivity (Wildman–Crippen MR) is 83.0 cm³/mol. The van der Waals surface area contributed by atoms with E-state index in [1.165, 1.54) is 5.56 Å². The predicted octanol–water partition coefficient (Wildman–Crippen LogP) is 3.26. The molecular formula is C15H23BrN2O. The van der Waals surface area contributed by atoms with Crippen molar-refractivity contribution in [2.45, 2.75) is 33.2 Å². The van der Waals surface area contributed by atoms with Crippen LogP contribution in [0.4, 0.5) is 0 Å². The van der Waals surface area contributed by atoms with Gasteiger partial charge in [0.1, 0.15) is 0 Å². The number of benzene rings is 1. The van der Waals surface area contributed by atoms with E-state index in [0.717, 1.165) is 17.4 Å². The van der Waals surface area contributed by atoms with E-state index < -0.39 is 0 Å². The maximum Gasteiger partial charge on any atom is 0.233 e. The molecule has 1 atom stereocenters. The van der Waals surface area contributed by atoms with Crippen LogP contribution in [0.15, 0.2) is 28.7 Å². The Hall–Kier alpha value is -0.870. The molecule has 0 bridgehead atoms. The van der Waals surface area contributed by atoms with Gasteiger partial charge in [0.15, 0.2) is 0 Å². The first-order chi connectivity index (χ1) is 9.02. The summed E-state index contributed by atoms with van der Waals surface area (Å²) in [5.74, 6) is 0.543. The molecule has 0 heterocycles. The van der Waals surface area contributed by atoms with Crippen LogP contribution >= 0.6 is 15.9 Å². The van der Waals surface area contributed by atoms with Gasteiger partial charge in [-0.1, -0.05) is 48.8 Å². The van der Waals surface area contributed by atoms with Crippen molar-refractivity contribution in [3.05, 3.63) is 34.3 Å². The van der Waals surface area contributed by atoms with Gasteiger partial charge in [-0.2, -0.15) is 0 Å². The Morgan fingerprint density at radius 1 is 1.26 bits per heavy atom. The fourth-order valence-electron chi connectivity index (χ4n) is 1.79. The van der Waals surface area contributed by atoms with Gasteiger partial charge in [-0.15, -0.1) is 0 Å². The molecule has 1 unspecified atom stereocenters. The Kier molecular flexibility index (Phi) is 7.10. The van der Waals surface area contributed by atoms with Gasteiger partial charge >= 0.3 is 0 Å². The van der Waals surface area contributed by atoms with Crippen LogP contribution in [0, 0.1) is 5.92 Å². The summed E-state index contributed by atoms with van der Waals surface area (Å²) >= 11 is 3.43. The number of carbonyl (C=O) groups excluding carboxylic acids is 1. The average Bonchev–Trinajstić information content (AvgIpc) is 2.39. The molecule has 1 aromatic rings. The highest BCUT2D eigenvalue weighted by Crippen LogP contribution is 2.19. The normalized spacial score (nSPS) is 12.5. The summed E-state index contributed by atoms with van der Waals surface area (Å²) in [6.45, 7) is 7.39. The van der Waals surface area contributed by atoms with Crippen LogP contribution in [0.5, 0.6) is 0 Å². The molecule has 106 valence electrons. The minimum atomic E-state index is 0.0595. The van der Waals surface area contributed by atoms with E-state index >= 15 is 0 Å². The van der Waals surface area contributed by atoms with Crippen molar-refractivity contribution in [3.8, 4) is 0 Å². The lowest BCUT2D eigenvalue weighted by atomic mass is 10.0. The standard InChI is InChI=1S/C15H23BrN2O/c1-4-14(12-5-7-13(16)8-6-12)17-10-15(19)18-9-11(2)3/h5-8,11,14,17H,4,9-10H2,1-3H3,(H,18,19). The van der Waals surface area contributed by atoms with Gasteiger partial charge in [-0.25, -0.2) is 0 Å². The first-order valence-electron chi connectivity index (χ1n) is 6.78. The second kappa shape index (κ2) is 8.33. The van der Waals surface area contributed by atoms with E-state index in [1.807, 2.05) is 12.1 Å². The number of hydrogen-bond donors (Lipinski definition) is 2. The zero-order chi connectivity index (χ0) is 14.3. The minimum absolute atomic E-state index is 0.0595. The molecule has 1 aromatic carbocycles. The van der Waals surface area contributed by atoms with Crippen molar-refractivity contribution in [1.29, 1.82) is 0 Å². The van der Waals surface area contributed by atoms with Gasteiger partial charge in [0.05, 0.1) is 6.54 Å². The van der Waals surface area contributed by atoms with Crippen LogP contribution in [0.2, 0.25) is 0 Å². The summed E-state index contributed by atoms with van der Waals surface area (Å²) < 4.78 is 1.07. The van der Waals surface area contributed by atoms with Crippen molar-refractivity contribution < 1.29 is 4.79 Å². The molecular weight excluding hydrogens is 304 g/mol. The van der Waals surface area contributed by atoms with E-state index in [1.54, 1.807) is 0 Å². The molecule has 0 fully saturated rings. The molecule has 0 saturated heterocycles. The number of hydrogen-bond acceptors (Lipinski definition) is 2. The zero-order valence-electron chi connectivity index (χ0n) is 11.9. The first-order valence-corrected chi connectivity index (χ1v) is 7.57. The number of rotatable bonds is 7. The van der Waals surface area contributed by atoms with Crippen LogP contribution in [0.25, 0.3) is 0 Å². The Morgan fingerprint density at radius 2 is 1.89 bits per heavy atom. The van der Waals surface area contributed by atoms with E-state index in [0.29, 0.717) is 12.5 Å². The zero-order valence-corrected chi connectivity index (χ0v) is 13.5. The molecule has 3 nitrogen and oxygen atoms in total. The largest absolute Gasteiger partial charge is 0.355 e. The molecule has 0 spiro atoms. The van der Waals surface area contributed by atoms with Crippen molar-refractivity contribution >= 4 is 21.8 Å². The fourth-order valence-corrected chi connectivity index (χ4v) is 2.05. The smallest absolute Gasteiger partial charge is 0.233 e. The van der Waals surface area contributed by atoms with Crippen molar-refractivity contribution in [2.75, 3.05) is 13.1 Å². The molecule has 0 aliphatic heterocycles. The van der Waals surface area contributed by atoms with Gasteiger partial charge in [0, 0.05) is 17.1 Å². The van der Waals surface area contributed by atoms with Crippen LogP contribution in [-0.2, 0) is 4.79 Å². The first kappa shape index (κ1) is 16.2. The van der Waals surface area contributed by atoms with Gasteiger partial charge in [0.25, 0.3) is 0 Å². The molecule has 0 aliphatic carbocycles. The van der Waals surface area contributed by atoms with Crippen molar-refractivity contribution in [2.24, 2.45) is 5.92 Å². The number of carbonyl (C=O) groups is 1. The Labute approximate surface area is 124 Å². The monoisotopic (exact) mass is 326 g/mol. The third-order valence-corrected chi connectivity index (χ3v) is 3.43. The third-order valence-electron chi connectivity index (χ3n) is 2.90. The summed E-state index contributed by atoms with van der Waals surface area (Å²) in [5.41, 5.74) is 1.21. The quantitative estimate of drug-likeness (QED) is 0.807. The highest BCUT2D eigenvalue weighted by Gasteiger charge is 2.10. The molecule has 19 heavy (non-hydrogen) atoms. The lowest BCUT2D eigenvalue weighted by Crippen LogP contribution is -2.37. The minimum Gasteiger partial charge on any atom is -0.355 e. The van der Waals surface area contributed by atoms with Crippen molar-refractivity contribution in [1.82, 2.24) is 10.6 Å². The van der Waals surface area contributed by atoms with E-state index in [9.17, 15) is 4.79 Å². The van der Waals surface area contributed by atoms with Gasteiger partial charge in [-0.3, -0.25) is 4.79 Å². The Balaban J connectivity index is 2.44. The van der Waals surface area contributed by atoms with E-state index in [4.69, 9.17) is 0 Å². The molecule has 4 heteroatoms. The summed E-state index contributed by atoms with van der Waals surface area (Å²) in [6, 6.07) is 8.43. The van der Waals surface area contributed by atoms with E-state index in [2.05, 4.69) is 59.5 Å². The molecule has 0 aromatic heterocycles. The molecule has 1 rings (SSSR count). The maximum atomic E-state index is 11.7. The van der Waals surface area contributed by atoms with Crippen LogP contribution in [0.1, 0.15) is 38.8 Å². The molecule has 0 saturated carbocycles. The number of nitrogens with one attached hydrogen (secondary N) is 2. The van der Waals surface area contributed by atoms with Gasteiger partial charge in [0.2, 0.25) is 5.91 Å². The lowest BCUT2D eigenvalue weighted by molar-refractivity contribution is -0.120. The lowest BCUT2D eigenvalue weighted by Gasteiger charge is -2.17. The SMILES string of the molecule is CCC(NCC(=O)NCC(C)C)c1ccc(Br)cc1. The van der Waals surface area contributed by atoms with Crippen molar-refractivity contribution in [3.63, 3.8) is 0 Å². The Morgan fingerprint density at radius 3 is 2.42 bits per heavy atom. The summed E-state index contributed by atoms with van der Waals surface area (Å²) in [7, 11) is 0. The fraction of sp³-hybridized carbons (Fsp3) is 0.533. The highest BCUT2D eigenvalue weighted by molar-refractivity contribution is 9.10. The van der Waals surface area contributed by atoms with Crippen LogP contribution < -0.4 is 10.6 Å². The molecule has 2 N–H and O–H groups in total. The highest BCUT2D eigenvalue weighted by atomic mass is 79.9.